The van der Waals surface area contributed by atoms with E-state index in [-0.39, 0.29) is 11.5 Å². The fourth-order valence-electron chi connectivity index (χ4n) is 1.60. The number of nitrogens with one attached hydrogen (secondary N) is 1. The fourth-order valence-corrected chi connectivity index (χ4v) is 1.60. The van der Waals surface area contributed by atoms with Gasteiger partial charge in [-0.15, -0.1) is 0 Å². The summed E-state index contributed by atoms with van der Waals surface area (Å²) in [4.78, 5) is 8.16. The lowest BCUT2D eigenvalue weighted by Crippen LogP contribution is -2.36. The Balaban J connectivity index is 2.78. The first kappa shape index (κ1) is 13.7. The molecule has 0 saturated heterocycles. The number of nitrogens with zero attached hydrogens (tertiary/aromatic N) is 2. The predicted octanol–water partition coefficient (Wildman–Crippen LogP) is 1.66. The van der Waals surface area contributed by atoms with Crippen molar-refractivity contribution >= 4 is 5.82 Å². The molecule has 1 aromatic rings. The van der Waals surface area contributed by atoms with Crippen LogP contribution in [0.4, 0.5) is 5.82 Å². The van der Waals surface area contributed by atoms with Crippen molar-refractivity contribution in [2.45, 2.75) is 33.2 Å². The Hall–Kier alpha value is -1.36. The van der Waals surface area contributed by atoms with Crippen molar-refractivity contribution in [3.63, 3.8) is 0 Å². The van der Waals surface area contributed by atoms with Crippen molar-refractivity contribution in [3.05, 3.63) is 12.4 Å². The molecule has 0 aliphatic rings. The second-order valence-electron chi connectivity index (χ2n) is 5.09. The molecule has 1 heterocycles. The van der Waals surface area contributed by atoms with E-state index in [1.54, 1.807) is 13.2 Å². The first-order valence-electron chi connectivity index (χ1n) is 5.80. The first-order chi connectivity index (χ1) is 7.97. The molecule has 0 saturated carbocycles. The average Bonchev–Trinajstić information content (AvgIpc) is 2.27. The molecular weight excluding hydrogens is 216 g/mol. The van der Waals surface area contributed by atoms with Crippen LogP contribution in [0, 0.1) is 5.41 Å². The van der Waals surface area contributed by atoms with Crippen LogP contribution in [0.2, 0.25) is 0 Å². The number of rotatable bonds is 5. The minimum Gasteiger partial charge on any atom is -0.481 e. The molecule has 1 aromatic heterocycles. The summed E-state index contributed by atoms with van der Waals surface area (Å²) in [5, 5.41) is 3.38. The van der Waals surface area contributed by atoms with Crippen molar-refractivity contribution in [2.24, 2.45) is 11.1 Å². The molecule has 1 rings (SSSR count). The molecule has 1 unspecified atom stereocenters. The van der Waals surface area contributed by atoms with Crippen LogP contribution in [0.25, 0.3) is 0 Å². The molecule has 0 bridgehead atoms. The van der Waals surface area contributed by atoms with Crippen molar-refractivity contribution < 1.29 is 4.74 Å². The smallest absolute Gasteiger partial charge is 0.218 e. The van der Waals surface area contributed by atoms with Gasteiger partial charge in [-0.25, -0.2) is 9.97 Å². The van der Waals surface area contributed by atoms with Crippen LogP contribution in [0.5, 0.6) is 5.88 Å². The zero-order valence-electron chi connectivity index (χ0n) is 11.0. The standard InChI is InChI=1S/C12H22N4O/c1-12(2,3)9(5-6-13)16-10-7-11(17-4)15-8-14-10/h7-9H,5-6,13H2,1-4H3,(H,14,15,16). The number of methoxy groups -OCH3 is 1. The number of hydrogen-bond acceptors (Lipinski definition) is 5. The Labute approximate surface area is 103 Å². The molecule has 0 amide bonds. The highest BCUT2D eigenvalue weighted by molar-refractivity contribution is 5.38. The van der Waals surface area contributed by atoms with Crippen molar-refractivity contribution in [1.29, 1.82) is 0 Å². The molecule has 5 heteroatoms. The van der Waals surface area contributed by atoms with E-state index in [2.05, 4.69) is 36.1 Å². The van der Waals surface area contributed by atoms with Crippen molar-refractivity contribution in [3.8, 4) is 5.88 Å². The van der Waals surface area contributed by atoms with Crippen molar-refractivity contribution in [2.75, 3.05) is 19.0 Å². The first-order valence-corrected chi connectivity index (χ1v) is 5.80. The third kappa shape index (κ3) is 4.19. The lowest BCUT2D eigenvalue weighted by Gasteiger charge is -2.31. The molecule has 96 valence electrons. The molecular formula is C12H22N4O. The second kappa shape index (κ2) is 5.82. The summed E-state index contributed by atoms with van der Waals surface area (Å²) < 4.78 is 5.07. The molecule has 5 nitrogen and oxygen atoms in total. The zero-order valence-corrected chi connectivity index (χ0v) is 11.0. The van der Waals surface area contributed by atoms with E-state index in [0.717, 1.165) is 12.2 Å². The largest absolute Gasteiger partial charge is 0.481 e. The summed E-state index contributed by atoms with van der Waals surface area (Å²) in [7, 11) is 1.59. The van der Waals surface area contributed by atoms with E-state index in [9.17, 15) is 0 Å². The Bertz CT molecular complexity index is 349. The number of aromatic nitrogens is 2. The van der Waals surface area contributed by atoms with Gasteiger partial charge in [0.1, 0.15) is 12.1 Å². The molecule has 0 aliphatic heterocycles. The number of hydrogen-bond donors (Lipinski definition) is 2. The van der Waals surface area contributed by atoms with Gasteiger partial charge in [-0.05, 0) is 18.4 Å². The van der Waals surface area contributed by atoms with Gasteiger partial charge in [-0.1, -0.05) is 20.8 Å². The molecule has 1 atom stereocenters. The highest BCUT2D eigenvalue weighted by Gasteiger charge is 2.24. The molecule has 3 N–H and O–H groups in total. The maximum absolute atomic E-state index is 5.64. The van der Waals surface area contributed by atoms with Crippen LogP contribution >= 0.6 is 0 Å². The van der Waals surface area contributed by atoms with Crippen LogP contribution in [0.15, 0.2) is 12.4 Å². The Morgan fingerprint density at radius 1 is 1.41 bits per heavy atom. The minimum absolute atomic E-state index is 0.123. The molecule has 0 radical (unpaired) electrons. The van der Waals surface area contributed by atoms with Gasteiger partial charge in [0.25, 0.3) is 0 Å². The van der Waals surface area contributed by atoms with Gasteiger partial charge in [0.2, 0.25) is 5.88 Å². The van der Waals surface area contributed by atoms with Gasteiger partial charge >= 0.3 is 0 Å². The fraction of sp³-hybridized carbons (Fsp3) is 0.667. The van der Waals surface area contributed by atoms with Crippen LogP contribution < -0.4 is 15.8 Å². The summed E-state index contributed by atoms with van der Waals surface area (Å²) in [5.74, 6) is 1.33. The van der Waals surface area contributed by atoms with E-state index in [1.165, 1.54) is 6.33 Å². The number of anilines is 1. The molecule has 0 aromatic carbocycles. The van der Waals surface area contributed by atoms with Crippen molar-refractivity contribution in [1.82, 2.24) is 9.97 Å². The third-order valence-electron chi connectivity index (χ3n) is 2.67. The van der Waals surface area contributed by atoms with Gasteiger partial charge in [-0.2, -0.15) is 0 Å². The van der Waals surface area contributed by atoms with E-state index in [4.69, 9.17) is 10.5 Å². The van der Waals surface area contributed by atoms with Crippen LogP contribution in [0.1, 0.15) is 27.2 Å². The van der Waals surface area contributed by atoms with Crippen LogP contribution in [-0.2, 0) is 0 Å². The normalized spacial score (nSPS) is 13.2. The van der Waals surface area contributed by atoms with Crippen LogP contribution in [0.3, 0.4) is 0 Å². The van der Waals surface area contributed by atoms with E-state index in [0.29, 0.717) is 12.4 Å². The Morgan fingerprint density at radius 2 is 2.12 bits per heavy atom. The monoisotopic (exact) mass is 238 g/mol. The summed E-state index contributed by atoms with van der Waals surface area (Å²) >= 11 is 0. The quantitative estimate of drug-likeness (QED) is 0.816. The average molecular weight is 238 g/mol. The number of ether oxygens (including phenoxy) is 1. The van der Waals surface area contributed by atoms with Gasteiger partial charge in [-0.3, -0.25) is 0 Å². The summed E-state index contributed by atoms with van der Waals surface area (Å²) in [6, 6.07) is 2.06. The molecule has 0 spiro atoms. The zero-order chi connectivity index (χ0) is 12.9. The van der Waals surface area contributed by atoms with E-state index in [1.807, 2.05) is 0 Å². The highest BCUT2D eigenvalue weighted by atomic mass is 16.5. The van der Waals surface area contributed by atoms with Gasteiger partial charge in [0, 0.05) is 12.1 Å². The lowest BCUT2D eigenvalue weighted by molar-refractivity contribution is 0.328. The van der Waals surface area contributed by atoms with Gasteiger partial charge < -0.3 is 15.8 Å². The SMILES string of the molecule is COc1cc(NC(CCN)C(C)(C)C)ncn1. The van der Waals surface area contributed by atoms with E-state index < -0.39 is 0 Å². The highest BCUT2D eigenvalue weighted by Crippen LogP contribution is 2.25. The van der Waals surface area contributed by atoms with Crippen LogP contribution in [-0.4, -0.2) is 29.7 Å². The maximum atomic E-state index is 5.64. The molecule has 17 heavy (non-hydrogen) atoms. The summed E-state index contributed by atoms with van der Waals surface area (Å²) in [6.07, 6.45) is 2.39. The topological polar surface area (TPSA) is 73.1 Å². The molecule has 0 fully saturated rings. The van der Waals surface area contributed by atoms with Gasteiger partial charge in [0.15, 0.2) is 0 Å². The predicted molar refractivity (Wildman–Crippen MR) is 69.1 cm³/mol. The summed E-state index contributed by atoms with van der Waals surface area (Å²) in [6.45, 7) is 7.19. The lowest BCUT2D eigenvalue weighted by atomic mass is 9.85. The third-order valence-corrected chi connectivity index (χ3v) is 2.67. The summed E-state index contributed by atoms with van der Waals surface area (Å²) in [5.41, 5.74) is 5.76. The second-order valence-corrected chi connectivity index (χ2v) is 5.09. The minimum atomic E-state index is 0.123. The Kier molecular flexibility index (Phi) is 4.69. The van der Waals surface area contributed by atoms with E-state index >= 15 is 0 Å². The Morgan fingerprint density at radius 3 is 2.65 bits per heavy atom. The molecule has 0 aliphatic carbocycles. The maximum Gasteiger partial charge on any atom is 0.218 e. The number of nitrogens with two attached hydrogens (primary N) is 1. The van der Waals surface area contributed by atoms with Gasteiger partial charge in [0.05, 0.1) is 7.11 Å².